The Morgan fingerprint density at radius 1 is 1.43 bits per heavy atom. The first-order valence-corrected chi connectivity index (χ1v) is 8.80. The molecular formula is C14H25N3O3S. The smallest absolute Gasteiger partial charge is 0.246 e. The summed E-state index contributed by atoms with van der Waals surface area (Å²) in [5.41, 5.74) is 0. The van der Waals surface area contributed by atoms with Crippen molar-refractivity contribution >= 4 is 10.0 Å². The van der Waals surface area contributed by atoms with Crippen LogP contribution in [0, 0.1) is 6.92 Å². The highest BCUT2D eigenvalue weighted by molar-refractivity contribution is 7.89. The van der Waals surface area contributed by atoms with Crippen molar-refractivity contribution in [2.45, 2.75) is 38.3 Å². The fourth-order valence-electron chi connectivity index (χ4n) is 2.72. The topological polar surface area (TPSA) is 65.8 Å². The van der Waals surface area contributed by atoms with Crippen LogP contribution in [-0.2, 0) is 16.6 Å². The zero-order valence-electron chi connectivity index (χ0n) is 13.2. The SMILES string of the molecule is CCNCc1cc(S(=O)(=O)N2CCN(C)CC2C)c(C)o1. The van der Waals surface area contributed by atoms with Gasteiger partial charge in [-0.15, -0.1) is 0 Å². The maximum atomic E-state index is 12.8. The van der Waals surface area contributed by atoms with E-state index in [2.05, 4.69) is 10.2 Å². The first-order valence-electron chi connectivity index (χ1n) is 7.36. The van der Waals surface area contributed by atoms with Gasteiger partial charge in [-0.05, 0) is 27.4 Å². The second-order valence-electron chi connectivity index (χ2n) is 5.64. The van der Waals surface area contributed by atoms with Gasteiger partial charge in [0.2, 0.25) is 10.0 Å². The number of piperazine rings is 1. The summed E-state index contributed by atoms with van der Waals surface area (Å²) in [5, 5.41) is 3.14. The third-order valence-electron chi connectivity index (χ3n) is 3.83. The minimum absolute atomic E-state index is 0.0275. The van der Waals surface area contributed by atoms with Gasteiger partial charge in [0.1, 0.15) is 16.4 Å². The summed E-state index contributed by atoms with van der Waals surface area (Å²) in [4.78, 5) is 2.45. The Morgan fingerprint density at radius 3 is 2.76 bits per heavy atom. The predicted molar refractivity (Wildman–Crippen MR) is 81.7 cm³/mol. The molecular weight excluding hydrogens is 290 g/mol. The number of hydrogen-bond donors (Lipinski definition) is 1. The van der Waals surface area contributed by atoms with E-state index in [0.29, 0.717) is 29.5 Å². The summed E-state index contributed by atoms with van der Waals surface area (Å²) in [5.74, 6) is 1.13. The summed E-state index contributed by atoms with van der Waals surface area (Å²) in [6.45, 7) is 9.05. The summed E-state index contributed by atoms with van der Waals surface area (Å²) in [6, 6.07) is 1.62. The number of aryl methyl sites for hydroxylation is 1. The second kappa shape index (κ2) is 6.48. The van der Waals surface area contributed by atoms with Crippen LogP contribution >= 0.6 is 0 Å². The van der Waals surface area contributed by atoms with E-state index < -0.39 is 10.0 Å². The van der Waals surface area contributed by atoms with Crippen LogP contribution in [0.1, 0.15) is 25.4 Å². The van der Waals surface area contributed by atoms with Crippen molar-refractivity contribution < 1.29 is 12.8 Å². The van der Waals surface area contributed by atoms with Crippen LogP contribution < -0.4 is 5.32 Å². The Bertz CT molecular complexity index is 582. The van der Waals surface area contributed by atoms with Crippen LogP contribution in [0.25, 0.3) is 0 Å². The second-order valence-corrected chi connectivity index (χ2v) is 7.50. The molecule has 1 N–H and O–H groups in total. The minimum Gasteiger partial charge on any atom is -0.464 e. The Labute approximate surface area is 127 Å². The molecule has 7 heteroatoms. The number of sulfonamides is 1. The third-order valence-corrected chi connectivity index (χ3v) is 5.95. The molecule has 0 amide bonds. The summed E-state index contributed by atoms with van der Waals surface area (Å²) >= 11 is 0. The maximum absolute atomic E-state index is 12.8. The van der Waals surface area contributed by atoms with Crippen LogP contribution in [0.15, 0.2) is 15.4 Å². The van der Waals surface area contributed by atoms with E-state index in [1.807, 2.05) is 20.9 Å². The Hall–Kier alpha value is -0.890. The van der Waals surface area contributed by atoms with Gasteiger partial charge in [0.15, 0.2) is 0 Å². The number of rotatable bonds is 5. The third kappa shape index (κ3) is 3.48. The van der Waals surface area contributed by atoms with E-state index in [0.717, 1.165) is 19.6 Å². The van der Waals surface area contributed by atoms with E-state index in [4.69, 9.17) is 4.42 Å². The van der Waals surface area contributed by atoms with Crippen LogP contribution in [0.5, 0.6) is 0 Å². The fourth-order valence-corrected chi connectivity index (χ4v) is 4.52. The lowest BCUT2D eigenvalue weighted by molar-refractivity contribution is 0.170. The van der Waals surface area contributed by atoms with Crippen LogP contribution in [0.3, 0.4) is 0 Å². The van der Waals surface area contributed by atoms with Crippen molar-refractivity contribution in [2.24, 2.45) is 0 Å². The molecule has 0 saturated carbocycles. The van der Waals surface area contributed by atoms with Crippen LogP contribution in [0.2, 0.25) is 0 Å². The van der Waals surface area contributed by atoms with Crippen molar-refractivity contribution in [1.82, 2.24) is 14.5 Å². The van der Waals surface area contributed by atoms with E-state index >= 15 is 0 Å². The van der Waals surface area contributed by atoms with Crippen LogP contribution in [-0.4, -0.2) is 56.9 Å². The molecule has 0 spiro atoms. The molecule has 0 bridgehead atoms. The van der Waals surface area contributed by atoms with Gasteiger partial charge in [0, 0.05) is 31.7 Å². The van der Waals surface area contributed by atoms with Gasteiger partial charge < -0.3 is 14.6 Å². The largest absolute Gasteiger partial charge is 0.464 e. The number of nitrogens with zero attached hydrogens (tertiary/aromatic N) is 2. The lowest BCUT2D eigenvalue weighted by Gasteiger charge is -2.36. The molecule has 1 fully saturated rings. The molecule has 0 aromatic carbocycles. The van der Waals surface area contributed by atoms with Gasteiger partial charge in [0.05, 0.1) is 6.54 Å². The molecule has 2 heterocycles. The van der Waals surface area contributed by atoms with Crippen molar-refractivity contribution in [3.8, 4) is 0 Å². The van der Waals surface area contributed by atoms with Crippen molar-refractivity contribution in [2.75, 3.05) is 33.2 Å². The lowest BCUT2D eigenvalue weighted by atomic mass is 10.2. The van der Waals surface area contributed by atoms with Gasteiger partial charge in [0.25, 0.3) is 0 Å². The average molecular weight is 315 g/mol. The molecule has 120 valence electrons. The molecule has 1 unspecified atom stereocenters. The molecule has 1 aromatic heterocycles. The molecule has 1 aliphatic heterocycles. The summed E-state index contributed by atoms with van der Waals surface area (Å²) in [7, 11) is -1.47. The molecule has 1 aromatic rings. The molecule has 1 aliphatic rings. The zero-order chi connectivity index (χ0) is 15.6. The van der Waals surface area contributed by atoms with E-state index in [1.165, 1.54) is 0 Å². The molecule has 0 radical (unpaired) electrons. The van der Waals surface area contributed by atoms with Gasteiger partial charge in [-0.2, -0.15) is 4.31 Å². The Balaban J connectivity index is 2.25. The molecule has 6 nitrogen and oxygen atoms in total. The molecule has 1 atom stereocenters. The number of hydrogen-bond acceptors (Lipinski definition) is 5. The highest BCUT2D eigenvalue weighted by Crippen LogP contribution is 2.26. The number of furan rings is 1. The number of nitrogens with one attached hydrogen (secondary N) is 1. The quantitative estimate of drug-likeness (QED) is 0.879. The van der Waals surface area contributed by atoms with Crippen molar-refractivity contribution in [1.29, 1.82) is 0 Å². The van der Waals surface area contributed by atoms with Crippen molar-refractivity contribution in [3.63, 3.8) is 0 Å². The molecule has 21 heavy (non-hydrogen) atoms. The Morgan fingerprint density at radius 2 is 2.14 bits per heavy atom. The number of likely N-dealkylation sites (N-methyl/N-ethyl adjacent to an activating group) is 1. The fraction of sp³-hybridized carbons (Fsp3) is 0.714. The first-order chi connectivity index (χ1) is 9.86. The van der Waals surface area contributed by atoms with Gasteiger partial charge in [-0.1, -0.05) is 6.92 Å². The van der Waals surface area contributed by atoms with Gasteiger partial charge in [-0.25, -0.2) is 8.42 Å². The molecule has 1 saturated heterocycles. The Kier molecular flexibility index (Phi) is 5.08. The summed E-state index contributed by atoms with van der Waals surface area (Å²) in [6.07, 6.45) is 0. The van der Waals surface area contributed by atoms with E-state index in [1.54, 1.807) is 17.3 Å². The summed E-state index contributed by atoms with van der Waals surface area (Å²) < 4.78 is 32.8. The van der Waals surface area contributed by atoms with E-state index in [-0.39, 0.29) is 6.04 Å². The zero-order valence-corrected chi connectivity index (χ0v) is 14.0. The lowest BCUT2D eigenvalue weighted by Crippen LogP contribution is -2.52. The standard InChI is InChI=1S/C14H25N3O3S/c1-5-15-9-13-8-14(12(3)20-13)21(18,19)17-7-6-16(4)10-11(17)2/h8,11,15H,5-7,9-10H2,1-4H3. The van der Waals surface area contributed by atoms with Gasteiger partial charge >= 0.3 is 0 Å². The first kappa shape index (κ1) is 16.5. The predicted octanol–water partition coefficient (Wildman–Crippen LogP) is 1.02. The average Bonchev–Trinajstić information content (AvgIpc) is 2.78. The van der Waals surface area contributed by atoms with Crippen LogP contribution in [0.4, 0.5) is 0 Å². The molecule has 2 rings (SSSR count). The monoisotopic (exact) mass is 315 g/mol. The normalized spacial score (nSPS) is 21.8. The maximum Gasteiger partial charge on any atom is 0.246 e. The van der Waals surface area contributed by atoms with Crippen molar-refractivity contribution in [3.05, 3.63) is 17.6 Å². The minimum atomic E-state index is -3.48. The molecule has 0 aliphatic carbocycles. The van der Waals surface area contributed by atoms with E-state index in [9.17, 15) is 8.42 Å². The highest BCUT2D eigenvalue weighted by Gasteiger charge is 2.34. The van der Waals surface area contributed by atoms with Gasteiger partial charge in [-0.3, -0.25) is 0 Å². The highest BCUT2D eigenvalue weighted by atomic mass is 32.2.